The maximum Gasteiger partial charge on any atom is 0.0453 e. The quantitative estimate of drug-likeness (QED) is 0.715. The average Bonchev–Trinajstić information content (AvgIpc) is 2.38. The number of benzene rings is 1. The van der Waals surface area contributed by atoms with Gasteiger partial charge in [-0.3, -0.25) is 0 Å². The van der Waals surface area contributed by atoms with E-state index in [0.717, 1.165) is 19.6 Å². The Balaban J connectivity index is 2.26. The van der Waals surface area contributed by atoms with Crippen molar-refractivity contribution in [2.75, 3.05) is 24.5 Å². The number of nitrogens with zero attached hydrogens (tertiary/aromatic N) is 1. The van der Waals surface area contributed by atoms with Gasteiger partial charge in [-0.05, 0) is 23.6 Å². The van der Waals surface area contributed by atoms with E-state index in [4.69, 9.17) is 0 Å². The van der Waals surface area contributed by atoms with Gasteiger partial charge in [0, 0.05) is 37.3 Å². The first-order valence-electron chi connectivity index (χ1n) is 6.18. The van der Waals surface area contributed by atoms with Crippen LogP contribution in [0.3, 0.4) is 0 Å². The number of hydrogen-bond acceptors (Lipinski definition) is 2. The summed E-state index contributed by atoms with van der Waals surface area (Å²) in [4.78, 5) is 2.57. The maximum atomic E-state index is 3.50. The van der Waals surface area contributed by atoms with Gasteiger partial charge in [-0.15, -0.1) is 0 Å². The van der Waals surface area contributed by atoms with Crippen LogP contribution in [0, 0.1) is 6.92 Å². The lowest BCUT2D eigenvalue weighted by molar-refractivity contribution is 0.543. The zero-order chi connectivity index (χ0) is 11.3. The van der Waals surface area contributed by atoms with Crippen LogP contribution in [-0.4, -0.2) is 19.6 Å². The minimum atomic E-state index is 0.312. The van der Waals surface area contributed by atoms with Gasteiger partial charge in [0.05, 0.1) is 0 Å². The summed E-state index contributed by atoms with van der Waals surface area (Å²) >= 11 is 0. The second-order valence-corrected chi connectivity index (χ2v) is 5.75. The van der Waals surface area contributed by atoms with Crippen LogP contribution in [0.4, 0.5) is 5.69 Å². The van der Waals surface area contributed by atoms with Crippen LogP contribution >= 0.6 is 0 Å². The summed E-state index contributed by atoms with van der Waals surface area (Å²) in [5.74, 6) is 0. The molecule has 0 spiro atoms. The average molecular weight is 216 g/mol. The second-order valence-electron chi connectivity index (χ2n) is 5.75. The van der Waals surface area contributed by atoms with E-state index in [1.165, 1.54) is 23.4 Å². The number of hydrogen-bond donors (Lipinski definition) is 1. The molecular weight excluding hydrogens is 196 g/mol. The molecule has 1 aromatic carbocycles. The Hall–Kier alpha value is -1.02. The highest BCUT2D eigenvalue weighted by Gasteiger charge is 2.38. The molecule has 2 aliphatic rings. The first-order chi connectivity index (χ1) is 7.59. The summed E-state index contributed by atoms with van der Waals surface area (Å²) in [5.41, 5.74) is 6.34. The Morgan fingerprint density at radius 3 is 2.94 bits per heavy atom. The molecule has 0 aromatic heterocycles. The van der Waals surface area contributed by atoms with Crippen LogP contribution < -0.4 is 10.2 Å². The van der Waals surface area contributed by atoms with E-state index in [1.807, 2.05) is 0 Å². The predicted molar refractivity (Wildman–Crippen MR) is 68.1 cm³/mol. The first kappa shape index (κ1) is 10.2. The summed E-state index contributed by atoms with van der Waals surface area (Å²) in [6.07, 6.45) is 0. The summed E-state index contributed by atoms with van der Waals surface area (Å²) in [6, 6.07) is 4.58. The van der Waals surface area contributed by atoms with E-state index in [1.54, 1.807) is 5.56 Å². The van der Waals surface area contributed by atoms with E-state index < -0.39 is 0 Å². The van der Waals surface area contributed by atoms with Crippen molar-refractivity contribution in [2.45, 2.75) is 32.7 Å². The minimum absolute atomic E-state index is 0.312. The Morgan fingerprint density at radius 1 is 1.31 bits per heavy atom. The lowest BCUT2D eigenvalue weighted by atomic mass is 9.83. The molecule has 0 atom stereocenters. The molecule has 1 N–H and O–H groups in total. The van der Waals surface area contributed by atoms with Gasteiger partial charge in [0.2, 0.25) is 0 Å². The van der Waals surface area contributed by atoms with E-state index in [-0.39, 0.29) is 0 Å². The molecule has 0 saturated heterocycles. The van der Waals surface area contributed by atoms with Crippen molar-refractivity contribution >= 4 is 5.69 Å². The van der Waals surface area contributed by atoms with Crippen molar-refractivity contribution in [2.24, 2.45) is 0 Å². The molecule has 86 valence electrons. The second kappa shape index (κ2) is 3.24. The topological polar surface area (TPSA) is 15.3 Å². The summed E-state index contributed by atoms with van der Waals surface area (Å²) in [6.45, 7) is 11.4. The van der Waals surface area contributed by atoms with Gasteiger partial charge in [0.1, 0.15) is 0 Å². The van der Waals surface area contributed by atoms with E-state index in [0.29, 0.717) is 5.41 Å². The van der Waals surface area contributed by atoms with Gasteiger partial charge in [0.15, 0.2) is 0 Å². The fraction of sp³-hybridized carbons (Fsp3) is 0.571. The van der Waals surface area contributed by atoms with Crippen LogP contribution in [0.1, 0.15) is 30.5 Å². The SMILES string of the molecule is Cc1ccc2c3c1C(C)(C)CN3CCNC2. The number of nitrogens with one attached hydrogen (secondary N) is 1. The Kier molecular flexibility index (Phi) is 2.05. The van der Waals surface area contributed by atoms with Crippen molar-refractivity contribution in [3.8, 4) is 0 Å². The lowest BCUT2D eigenvalue weighted by Gasteiger charge is -2.22. The molecule has 0 aliphatic carbocycles. The summed E-state index contributed by atoms with van der Waals surface area (Å²) in [5, 5.41) is 3.50. The van der Waals surface area contributed by atoms with Gasteiger partial charge in [-0.2, -0.15) is 0 Å². The molecule has 0 saturated carbocycles. The molecule has 0 bridgehead atoms. The van der Waals surface area contributed by atoms with Crippen LogP contribution in [0.2, 0.25) is 0 Å². The van der Waals surface area contributed by atoms with Crippen molar-refractivity contribution in [3.63, 3.8) is 0 Å². The van der Waals surface area contributed by atoms with Crippen molar-refractivity contribution < 1.29 is 0 Å². The number of anilines is 1. The molecule has 0 fully saturated rings. The highest BCUT2D eigenvalue weighted by molar-refractivity contribution is 5.69. The van der Waals surface area contributed by atoms with Gasteiger partial charge in [0.25, 0.3) is 0 Å². The van der Waals surface area contributed by atoms with Crippen molar-refractivity contribution in [1.82, 2.24) is 5.32 Å². The Morgan fingerprint density at radius 2 is 2.12 bits per heavy atom. The molecule has 3 rings (SSSR count). The fourth-order valence-corrected chi connectivity index (χ4v) is 3.36. The zero-order valence-electron chi connectivity index (χ0n) is 10.4. The van der Waals surface area contributed by atoms with Crippen LogP contribution in [-0.2, 0) is 12.0 Å². The van der Waals surface area contributed by atoms with Gasteiger partial charge in [-0.1, -0.05) is 26.0 Å². The monoisotopic (exact) mass is 216 g/mol. The van der Waals surface area contributed by atoms with Gasteiger partial charge in [-0.25, -0.2) is 0 Å². The van der Waals surface area contributed by atoms with Crippen LogP contribution in [0.25, 0.3) is 0 Å². The molecule has 2 aliphatic heterocycles. The predicted octanol–water partition coefficient (Wildman–Crippen LogP) is 2.20. The Labute approximate surface area is 97.6 Å². The van der Waals surface area contributed by atoms with E-state index in [9.17, 15) is 0 Å². The lowest BCUT2D eigenvalue weighted by Crippen LogP contribution is -2.32. The minimum Gasteiger partial charge on any atom is -0.369 e. The van der Waals surface area contributed by atoms with Gasteiger partial charge >= 0.3 is 0 Å². The van der Waals surface area contributed by atoms with Crippen molar-refractivity contribution in [3.05, 3.63) is 28.8 Å². The highest BCUT2D eigenvalue weighted by atomic mass is 15.2. The molecule has 2 nitrogen and oxygen atoms in total. The highest BCUT2D eigenvalue weighted by Crippen LogP contribution is 2.44. The summed E-state index contributed by atoms with van der Waals surface area (Å²) in [7, 11) is 0. The summed E-state index contributed by atoms with van der Waals surface area (Å²) < 4.78 is 0. The molecule has 1 aromatic rings. The fourth-order valence-electron chi connectivity index (χ4n) is 3.36. The largest absolute Gasteiger partial charge is 0.369 e. The molecule has 0 radical (unpaired) electrons. The van der Waals surface area contributed by atoms with E-state index in [2.05, 4.69) is 43.1 Å². The molecule has 0 unspecified atom stereocenters. The van der Waals surface area contributed by atoms with E-state index >= 15 is 0 Å². The molecular formula is C14H20N2. The first-order valence-corrected chi connectivity index (χ1v) is 6.18. The number of rotatable bonds is 0. The third-order valence-corrected chi connectivity index (χ3v) is 3.92. The maximum absolute atomic E-state index is 3.50. The standard InChI is InChI=1S/C14H20N2/c1-10-4-5-11-8-15-6-7-16-9-14(2,3)12(10)13(11)16/h4-5,15H,6-9H2,1-3H3. The third-order valence-electron chi connectivity index (χ3n) is 3.92. The normalized spacial score (nSPS) is 21.8. The molecule has 2 heterocycles. The molecule has 0 amide bonds. The smallest absolute Gasteiger partial charge is 0.0453 e. The van der Waals surface area contributed by atoms with Gasteiger partial charge < -0.3 is 10.2 Å². The molecule has 16 heavy (non-hydrogen) atoms. The van der Waals surface area contributed by atoms with Crippen LogP contribution in [0.5, 0.6) is 0 Å². The number of aryl methyl sites for hydroxylation is 1. The van der Waals surface area contributed by atoms with Crippen LogP contribution in [0.15, 0.2) is 12.1 Å². The molecule has 2 heteroatoms. The third kappa shape index (κ3) is 1.29. The Bertz CT molecular complexity index is 435. The van der Waals surface area contributed by atoms with Crippen molar-refractivity contribution in [1.29, 1.82) is 0 Å². The zero-order valence-corrected chi connectivity index (χ0v) is 10.4.